The van der Waals surface area contributed by atoms with Gasteiger partial charge in [-0.2, -0.15) is 18.3 Å². The molecule has 0 bridgehead atoms. The predicted octanol–water partition coefficient (Wildman–Crippen LogP) is 4.41. The smallest absolute Gasteiger partial charge is 0.427 e. The van der Waals surface area contributed by atoms with Crippen molar-refractivity contribution in [3.8, 4) is 5.75 Å². The molecule has 0 fully saturated rings. The summed E-state index contributed by atoms with van der Waals surface area (Å²) in [6, 6.07) is 1.65. The van der Waals surface area contributed by atoms with Crippen LogP contribution in [0.4, 0.5) is 33.7 Å². The molecule has 2 heterocycles. The minimum absolute atomic E-state index is 0.180. The number of nitrogens with zero attached hydrogens (tertiary/aromatic N) is 3. The van der Waals surface area contributed by atoms with Gasteiger partial charge in [-0.05, 0) is 33.3 Å². The molecular formula is C21H23ClF4N4O7S. The summed E-state index contributed by atoms with van der Waals surface area (Å²) in [7, 11) is -4.55. The number of alkyl halides is 3. The lowest BCUT2D eigenvalue weighted by Gasteiger charge is -2.35. The number of carboxylic acid groups (broad SMARTS) is 1. The maximum atomic E-state index is 15.1. The molecule has 0 saturated heterocycles. The summed E-state index contributed by atoms with van der Waals surface area (Å²) in [6.45, 7) is 2.71. The van der Waals surface area contributed by atoms with Gasteiger partial charge < -0.3 is 14.6 Å². The number of aliphatic carboxylic acids is 1. The maximum absolute atomic E-state index is 15.1. The number of benzene rings is 1. The Morgan fingerprint density at radius 2 is 1.97 bits per heavy atom. The summed E-state index contributed by atoms with van der Waals surface area (Å²) in [5.41, 5.74) is -3.73. The van der Waals surface area contributed by atoms with E-state index in [0.29, 0.717) is 24.2 Å². The number of hydrogen-bond donors (Lipinski definition) is 2. The van der Waals surface area contributed by atoms with Crippen LogP contribution in [-0.4, -0.2) is 59.8 Å². The molecule has 11 nitrogen and oxygen atoms in total. The molecule has 1 aromatic heterocycles. The van der Waals surface area contributed by atoms with E-state index in [2.05, 4.69) is 9.84 Å². The number of nitrogens with one attached hydrogen (secondary N) is 1. The van der Waals surface area contributed by atoms with Gasteiger partial charge in [0.15, 0.2) is 16.7 Å². The highest BCUT2D eigenvalue weighted by Crippen LogP contribution is 2.42. The van der Waals surface area contributed by atoms with Gasteiger partial charge in [0, 0.05) is 30.9 Å². The van der Waals surface area contributed by atoms with Crippen molar-refractivity contribution in [2.75, 3.05) is 16.2 Å². The van der Waals surface area contributed by atoms with Crippen molar-refractivity contribution < 1.29 is 50.1 Å². The molecule has 0 unspecified atom stereocenters. The SMILES string of the molecule is CCn1cc(S(=O)(=O)N2C[C@H](CCC(=O)O)Oc3c(F)cc(NC(=O)OC(C)(C)C(F)(F)F)cc32)c(Cl)n1. The number of carbonyl (C=O) groups excluding carboxylic acids is 1. The van der Waals surface area contributed by atoms with Crippen molar-refractivity contribution in [1.29, 1.82) is 0 Å². The Labute approximate surface area is 219 Å². The van der Waals surface area contributed by atoms with Crippen molar-refractivity contribution in [2.45, 2.75) is 62.9 Å². The van der Waals surface area contributed by atoms with Crippen LogP contribution in [0.2, 0.25) is 5.15 Å². The van der Waals surface area contributed by atoms with Gasteiger partial charge in [-0.15, -0.1) is 0 Å². The lowest BCUT2D eigenvalue weighted by molar-refractivity contribution is -0.242. The highest BCUT2D eigenvalue weighted by atomic mass is 35.5. The van der Waals surface area contributed by atoms with Crippen molar-refractivity contribution in [3.63, 3.8) is 0 Å². The summed E-state index contributed by atoms with van der Waals surface area (Å²) in [5, 5.41) is 14.5. The van der Waals surface area contributed by atoms with Crippen LogP contribution in [0.25, 0.3) is 0 Å². The molecule has 210 valence electrons. The maximum Gasteiger partial charge on any atom is 0.427 e. The molecule has 0 saturated carbocycles. The van der Waals surface area contributed by atoms with E-state index in [1.165, 1.54) is 4.68 Å². The number of ether oxygens (including phenoxy) is 2. The summed E-state index contributed by atoms with van der Waals surface area (Å²) in [6.07, 6.45) is -7.01. The zero-order valence-corrected chi connectivity index (χ0v) is 21.7. The third kappa shape index (κ3) is 6.06. The molecule has 0 spiro atoms. The van der Waals surface area contributed by atoms with Crippen LogP contribution < -0.4 is 14.4 Å². The van der Waals surface area contributed by atoms with Crippen molar-refractivity contribution in [1.82, 2.24) is 9.78 Å². The number of fused-ring (bicyclic) bond motifs is 1. The predicted molar refractivity (Wildman–Crippen MR) is 125 cm³/mol. The summed E-state index contributed by atoms with van der Waals surface area (Å²) >= 11 is 6.04. The number of halogens is 5. The van der Waals surface area contributed by atoms with Gasteiger partial charge in [-0.25, -0.2) is 17.6 Å². The largest absolute Gasteiger partial charge is 0.483 e. The number of rotatable bonds is 8. The second-order valence-corrected chi connectivity index (χ2v) is 10.9. The minimum atomic E-state index is -4.91. The first-order valence-electron chi connectivity index (χ1n) is 11.0. The molecule has 1 aliphatic heterocycles. The van der Waals surface area contributed by atoms with E-state index in [9.17, 15) is 31.2 Å². The monoisotopic (exact) mass is 586 g/mol. The highest BCUT2D eigenvalue weighted by Gasteiger charge is 2.51. The number of carboxylic acids is 1. The summed E-state index contributed by atoms with van der Waals surface area (Å²) < 4.78 is 93.4. The first-order valence-corrected chi connectivity index (χ1v) is 12.8. The van der Waals surface area contributed by atoms with Gasteiger partial charge in [-0.3, -0.25) is 19.1 Å². The van der Waals surface area contributed by atoms with Crippen LogP contribution in [0.15, 0.2) is 23.2 Å². The van der Waals surface area contributed by atoms with Crippen LogP contribution in [0.5, 0.6) is 5.75 Å². The van der Waals surface area contributed by atoms with E-state index in [1.807, 2.05) is 5.32 Å². The van der Waals surface area contributed by atoms with Gasteiger partial charge in [0.05, 0.1) is 12.2 Å². The highest BCUT2D eigenvalue weighted by molar-refractivity contribution is 7.93. The number of hydrogen-bond acceptors (Lipinski definition) is 7. The van der Waals surface area contributed by atoms with E-state index in [0.717, 1.165) is 12.3 Å². The van der Waals surface area contributed by atoms with Crippen LogP contribution >= 0.6 is 11.6 Å². The molecule has 17 heteroatoms. The van der Waals surface area contributed by atoms with Gasteiger partial charge >= 0.3 is 18.2 Å². The quantitative estimate of drug-likeness (QED) is 0.434. The number of amides is 1. The zero-order chi connectivity index (χ0) is 28.6. The lowest BCUT2D eigenvalue weighted by Crippen LogP contribution is -2.44. The van der Waals surface area contributed by atoms with Crippen molar-refractivity contribution in [3.05, 3.63) is 29.3 Å². The fourth-order valence-corrected chi connectivity index (χ4v) is 5.31. The van der Waals surface area contributed by atoms with Gasteiger partial charge in [0.25, 0.3) is 10.0 Å². The van der Waals surface area contributed by atoms with E-state index < -0.39 is 80.8 Å². The fourth-order valence-electron chi connectivity index (χ4n) is 3.37. The molecule has 1 atom stereocenters. The molecular weight excluding hydrogens is 564 g/mol. The Hall–Kier alpha value is -3.27. The third-order valence-corrected chi connectivity index (χ3v) is 7.65. The van der Waals surface area contributed by atoms with Crippen LogP contribution in [-0.2, 0) is 26.1 Å². The van der Waals surface area contributed by atoms with Crippen LogP contribution in [0.1, 0.15) is 33.6 Å². The number of aryl methyl sites for hydroxylation is 1. The molecule has 0 radical (unpaired) electrons. The molecule has 1 aromatic carbocycles. The second-order valence-electron chi connectivity index (χ2n) is 8.68. The van der Waals surface area contributed by atoms with Crippen molar-refractivity contribution >= 4 is 45.1 Å². The molecule has 0 aliphatic carbocycles. The summed E-state index contributed by atoms with van der Waals surface area (Å²) in [5.74, 6) is -2.95. The Balaban J connectivity index is 2.04. The number of sulfonamides is 1. The number of carbonyl (C=O) groups is 2. The Bertz CT molecular complexity index is 1350. The Morgan fingerprint density at radius 1 is 1.32 bits per heavy atom. The van der Waals surface area contributed by atoms with E-state index in [4.69, 9.17) is 21.4 Å². The lowest BCUT2D eigenvalue weighted by atomic mass is 10.1. The third-order valence-electron chi connectivity index (χ3n) is 5.48. The van der Waals surface area contributed by atoms with Crippen LogP contribution in [0.3, 0.4) is 0 Å². The molecule has 2 aromatic rings. The van der Waals surface area contributed by atoms with Gasteiger partial charge in [0.1, 0.15) is 11.0 Å². The average molecular weight is 587 g/mol. The normalized spacial score (nSPS) is 16.0. The van der Waals surface area contributed by atoms with E-state index in [1.54, 1.807) is 6.92 Å². The molecule has 2 N–H and O–H groups in total. The molecule has 3 rings (SSSR count). The minimum Gasteiger partial charge on any atom is -0.483 e. The van der Waals surface area contributed by atoms with E-state index >= 15 is 4.39 Å². The average Bonchev–Trinajstić information content (AvgIpc) is 3.17. The van der Waals surface area contributed by atoms with Crippen LogP contribution in [0, 0.1) is 5.82 Å². The number of aromatic nitrogens is 2. The first kappa shape index (κ1) is 29.3. The van der Waals surface area contributed by atoms with Gasteiger partial charge in [-0.1, -0.05) is 11.6 Å². The molecule has 1 aliphatic rings. The Kier molecular flexibility index (Phi) is 8.07. The Morgan fingerprint density at radius 3 is 2.53 bits per heavy atom. The van der Waals surface area contributed by atoms with Crippen molar-refractivity contribution in [2.24, 2.45) is 0 Å². The van der Waals surface area contributed by atoms with E-state index in [-0.39, 0.29) is 18.1 Å². The summed E-state index contributed by atoms with van der Waals surface area (Å²) in [4.78, 5) is 22.7. The fraction of sp³-hybridized carbons (Fsp3) is 0.476. The topological polar surface area (TPSA) is 140 Å². The zero-order valence-electron chi connectivity index (χ0n) is 20.2. The number of anilines is 2. The molecule has 38 heavy (non-hydrogen) atoms. The molecule has 1 amide bonds. The standard InChI is InChI=1S/C21H23ClF4N4O7S/c1-4-29-10-15(18(22)28-29)38(34,35)30-9-12(5-6-16(31)32)36-17-13(23)7-11(8-14(17)30)27-19(33)37-20(2,3)21(24,25)26/h7-8,10,12H,4-6,9H2,1-3H3,(H,27,33)(H,31,32)/t12-/m0/s1. The van der Waals surface area contributed by atoms with Gasteiger partial charge in [0.2, 0.25) is 5.60 Å². The second kappa shape index (κ2) is 10.5. The first-order chi connectivity index (χ1) is 17.5.